The number of phenols is 1. The number of H-pyrrole nitrogens is 1. The van der Waals surface area contributed by atoms with Gasteiger partial charge in [-0.15, -0.1) is 11.8 Å². The molecule has 0 unspecified atom stereocenters. The van der Waals surface area contributed by atoms with Crippen molar-refractivity contribution in [1.82, 2.24) is 9.97 Å². The van der Waals surface area contributed by atoms with Crippen LogP contribution in [0.4, 0.5) is 11.5 Å². The molecule has 3 N–H and O–H groups in total. The Balaban J connectivity index is 0.000000177. The molecule has 0 atom stereocenters. The molecule has 10 aromatic rings. The van der Waals surface area contributed by atoms with Gasteiger partial charge in [-0.2, -0.15) is 17.0 Å². The molecule has 0 radical (unpaired) electrons. The summed E-state index contributed by atoms with van der Waals surface area (Å²) >= 11 is 11.2. The van der Waals surface area contributed by atoms with E-state index in [0.717, 1.165) is 102 Å². The number of carboxylic acids is 8. The van der Waals surface area contributed by atoms with Crippen molar-refractivity contribution in [3.05, 3.63) is 234 Å². The van der Waals surface area contributed by atoms with Crippen molar-refractivity contribution in [3.63, 3.8) is 0 Å². The molecule has 1 fully saturated rings. The Morgan fingerprint density at radius 1 is 0.661 bits per heavy atom. The summed E-state index contributed by atoms with van der Waals surface area (Å²) in [4.78, 5) is 131. The second-order valence-corrected chi connectivity index (χ2v) is 31.9. The molecule has 12 rings (SSSR count). The highest BCUT2D eigenvalue weighted by molar-refractivity contribution is 8.00. The normalized spacial score (nSPS) is 12.5. The van der Waals surface area contributed by atoms with E-state index in [1.165, 1.54) is 79.7 Å². The quantitative estimate of drug-likeness (QED) is 0.0288. The van der Waals surface area contributed by atoms with Crippen LogP contribution in [0.2, 0.25) is 5.02 Å². The highest BCUT2D eigenvalue weighted by Crippen LogP contribution is 2.45. The number of thiazole rings is 1. The number of morpholine rings is 1. The average Bonchev–Trinajstić information content (AvgIpc) is 1.70. The molecule has 8 aromatic carbocycles. The number of ketones is 1. The first kappa shape index (κ1) is 85.9. The Kier molecular flexibility index (Phi) is 29.7. The van der Waals surface area contributed by atoms with Gasteiger partial charge in [0.05, 0.1) is 91.2 Å². The number of carbonyl (C=O) groups is 10. The number of benzene rings is 8. The molecule has 2 aromatic heterocycles. The van der Waals surface area contributed by atoms with Gasteiger partial charge in [-0.3, -0.25) is 19.1 Å². The summed E-state index contributed by atoms with van der Waals surface area (Å²) in [6.45, 7) is 8.38. The first-order valence-corrected chi connectivity index (χ1v) is 38.9. The van der Waals surface area contributed by atoms with Gasteiger partial charge in [-0.05, 0) is 102 Å². The van der Waals surface area contributed by atoms with Gasteiger partial charge in [0.1, 0.15) is 28.4 Å². The second-order valence-electron chi connectivity index (χ2n) is 24.0. The van der Waals surface area contributed by atoms with Gasteiger partial charge in [0, 0.05) is 114 Å². The Labute approximate surface area is 661 Å². The van der Waals surface area contributed by atoms with Crippen molar-refractivity contribution in [1.29, 1.82) is 5.26 Å². The molecule has 0 bridgehead atoms. The van der Waals surface area contributed by atoms with E-state index in [1.54, 1.807) is 60.7 Å². The van der Waals surface area contributed by atoms with Crippen molar-refractivity contribution in [3.8, 4) is 17.6 Å². The fourth-order valence-corrected chi connectivity index (χ4v) is 16.3. The van der Waals surface area contributed by atoms with Crippen molar-refractivity contribution in [2.45, 2.75) is 68.7 Å². The summed E-state index contributed by atoms with van der Waals surface area (Å²) in [7, 11) is -3.84. The number of aliphatic carboxylic acids is 3. The smallest absolute Gasteiger partial charge is 0.308 e. The zero-order valence-corrected chi connectivity index (χ0v) is 64.0. The summed E-state index contributed by atoms with van der Waals surface area (Å²) in [5.74, 6) is -11.2. The predicted octanol–water partition coefficient (Wildman–Crippen LogP) is 2.42. The van der Waals surface area contributed by atoms with Gasteiger partial charge >= 0.3 is 10.8 Å². The van der Waals surface area contributed by atoms with Crippen molar-refractivity contribution < 1.29 is 112 Å². The summed E-state index contributed by atoms with van der Waals surface area (Å²) in [5, 5.41) is 109. The number of phenolic OH excluding ortho intramolecular Hbond substituents is 1. The number of pyridine rings is 1. The van der Waals surface area contributed by atoms with Crippen LogP contribution in [0.3, 0.4) is 0 Å². The van der Waals surface area contributed by atoms with Gasteiger partial charge in [-0.25, -0.2) is 13.4 Å². The molecule has 0 spiro atoms. The molecule has 0 amide bonds. The Hall–Kier alpha value is -11.8. The van der Waals surface area contributed by atoms with E-state index in [9.17, 15) is 112 Å². The molecule has 4 heterocycles. The number of aromatic carboxylic acids is 5. The number of ether oxygens (including phenoxy) is 2. The maximum atomic E-state index is 12.6. The van der Waals surface area contributed by atoms with Gasteiger partial charge in [0.25, 0.3) is 10.0 Å². The summed E-state index contributed by atoms with van der Waals surface area (Å²) in [5.41, 5.74) is 2.01. The lowest BCUT2D eigenvalue weighted by molar-refractivity contribution is -0.305. The Morgan fingerprint density at radius 2 is 1.26 bits per heavy atom. The number of halogens is 1. The van der Waals surface area contributed by atoms with Gasteiger partial charge in [-0.1, -0.05) is 139 Å². The number of fused-ring (bicyclic) bond motifs is 3. The number of esters is 1. The third kappa shape index (κ3) is 23.2. The fraction of sp³-hybridized carbons (Fsp3) is 0.171. The third-order valence-electron chi connectivity index (χ3n) is 15.7. The van der Waals surface area contributed by atoms with E-state index in [2.05, 4.69) is 34.5 Å². The molecule has 580 valence electrons. The van der Waals surface area contributed by atoms with E-state index in [0.29, 0.717) is 71.9 Å². The lowest BCUT2D eigenvalue weighted by Crippen LogP contribution is -2.38. The summed E-state index contributed by atoms with van der Waals surface area (Å²) in [6.07, 6.45) is 0.463. The lowest BCUT2D eigenvalue weighted by Gasteiger charge is -2.36. The topological polar surface area (TPSA) is 513 Å². The molecule has 1 saturated heterocycles. The molecule has 36 heteroatoms. The molecule has 2 aliphatic rings. The van der Waals surface area contributed by atoms with E-state index in [4.69, 9.17) is 26.1 Å². The van der Waals surface area contributed by atoms with Crippen LogP contribution in [0.5, 0.6) is 11.5 Å². The van der Waals surface area contributed by atoms with Crippen LogP contribution in [0, 0.1) is 11.3 Å². The van der Waals surface area contributed by atoms with Crippen molar-refractivity contribution in [2.75, 3.05) is 47.4 Å². The number of anilines is 2. The monoisotopic (exact) mass is 1650 g/mol. The number of thioether (sulfide) groups is 3. The minimum absolute atomic E-state index is 0.0124. The maximum absolute atomic E-state index is 12.6. The molecule has 0 aliphatic carbocycles. The van der Waals surface area contributed by atoms with Crippen LogP contribution < -0.4 is 60.1 Å². The van der Waals surface area contributed by atoms with E-state index in [1.807, 2.05) is 11.8 Å². The maximum Gasteiger partial charge on any atom is 0.308 e. The number of aromatic nitrogens is 2. The van der Waals surface area contributed by atoms with Crippen molar-refractivity contribution in [2.24, 2.45) is 0 Å². The largest absolute Gasteiger partial charge is 0.550 e. The standard InChI is InChI=1S/C18H15NO5S2.C17H21N3O3S2.C17H14O6S.C15H9ClO5.C9H5NO5S/c20-17(21)11-25-16-10-15(13-8-4-5-9-14(13)18(16)22)19-26(23,24)12-6-2-1-3-7-12;1-17(2)7-11-12(8-18)16(24-10-14(21)22)19-15(13(11)9-25-17)20-3-5-23-6-4-20;1-10(18)23-13-7-6-11(9-16(19)20)8-15(13)24-14-5-3-2-4-12(14)17(21)22;16-10-4-1-8(2-5-10)13(17)9-3-6-11(14(18)19)12(7-9)15(20)21;11-7(12)3-1-4(8(13)14)6-5(2-3)10-9(15)16-6/h1-10,19,22H,11H2,(H,20,21);3-7,9-10H2,1-2H3,(H,21,22);2-8H,9H2,1H3,(H,19,20)(H,21,22);1-7H,(H,18,19)(H,20,21);1-2H,(H,10,15)(H,11,12)(H,13,14)/p-8. The predicted molar refractivity (Wildman–Crippen MR) is 398 cm³/mol. The van der Waals surface area contributed by atoms with Crippen molar-refractivity contribution >= 4 is 172 Å². The average molecular weight is 1650 g/mol. The number of carbonyl (C=O) groups excluding carboxylic acids is 10. The number of nitrogens with zero attached hydrogens (tertiary/aromatic N) is 3. The highest BCUT2D eigenvalue weighted by Gasteiger charge is 2.34. The zero-order valence-electron chi connectivity index (χ0n) is 58.4. The van der Waals surface area contributed by atoms with Gasteiger partial charge in [0.15, 0.2) is 5.78 Å². The van der Waals surface area contributed by atoms with Crippen LogP contribution in [0.25, 0.3) is 21.0 Å². The van der Waals surface area contributed by atoms with Crippen LogP contribution >= 0.6 is 70.0 Å². The van der Waals surface area contributed by atoms with Crippen LogP contribution in [-0.2, 0) is 52.5 Å². The fourth-order valence-electron chi connectivity index (χ4n) is 10.7. The van der Waals surface area contributed by atoms with E-state index >= 15 is 0 Å². The molecular weight excluding hydrogens is 1590 g/mol. The minimum atomic E-state index is -3.84. The van der Waals surface area contributed by atoms with E-state index < -0.39 is 85.5 Å². The molecule has 2 aliphatic heterocycles. The number of aromatic amines is 1. The highest BCUT2D eigenvalue weighted by atomic mass is 35.5. The third-order valence-corrected chi connectivity index (χ3v) is 22.7. The number of carboxylic acid groups (broad SMARTS) is 8. The number of sulfonamides is 1. The van der Waals surface area contributed by atoms with Crippen LogP contribution in [0.15, 0.2) is 187 Å². The number of aromatic hydroxyl groups is 1. The second kappa shape index (κ2) is 38.7. The number of hydrogen-bond donors (Lipinski definition) is 3. The Bertz CT molecular complexity index is 5550. The number of hydrogen-bond acceptors (Lipinski definition) is 32. The van der Waals surface area contributed by atoms with Crippen LogP contribution in [0.1, 0.15) is 111 Å². The Morgan fingerprint density at radius 3 is 1.87 bits per heavy atom. The summed E-state index contributed by atoms with van der Waals surface area (Å²) < 4.78 is 38.5. The van der Waals surface area contributed by atoms with E-state index in [-0.39, 0.29) is 82.1 Å². The number of nitriles is 1. The molecule has 29 nitrogen and oxygen atoms in total. The first-order chi connectivity index (χ1) is 53.0. The van der Waals surface area contributed by atoms with Gasteiger partial charge < -0.3 is 104 Å². The zero-order chi connectivity index (χ0) is 81.9. The minimum Gasteiger partial charge on any atom is -0.550 e. The van der Waals surface area contributed by atoms with Gasteiger partial charge in [0.2, 0.25) is 0 Å². The summed E-state index contributed by atoms with van der Waals surface area (Å²) in [6, 6.07) is 40.2. The SMILES string of the molecule is CC(=O)Oc1ccc(CC(=O)[O-])cc1Sc1ccccc1C(=O)[O-].CC1(C)Cc2c(C#N)c(SCC(=O)[O-])nc(N3CCOCC3)c2CS1.O=C([O-])CSc1cc(NS(=O)(=O)c2ccccc2)c2ccccc2c1O.O=C([O-])c1cc(C(=O)[O-])c2sc(=O)[nH]c2c1.O=C(c1ccc(Cl)cc1)c1ccc(C(=O)[O-])c(C(=O)[O-])c1. The molecular formula is C76H56ClN5O24S6-8. The van der Waals surface area contributed by atoms with Crippen LogP contribution in [-0.4, -0.2) is 126 Å². The number of nitrogens with one attached hydrogen (secondary N) is 2. The first-order valence-electron chi connectivity index (χ1n) is 32.4. The molecule has 112 heavy (non-hydrogen) atoms. The lowest BCUT2D eigenvalue weighted by atomic mass is 9.94. The number of rotatable bonds is 22. The molecule has 0 saturated carbocycles.